The van der Waals surface area contributed by atoms with E-state index in [-0.39, 0.29) is 31.0 Å². The number of carbonyl (C=O) groups excluding carboxylic acids is 2. The maximum atomic E-state index is 12.9. The van der Waals surface area contributed by atoms with Crippen LogP contribution < -0.4 is 10.1 Å². The van der Waals surface area contributed by atoms with Crippen molar-refractivity contribution in [2.75, 3.05) is 6.61 Å². The maximum absolute atomic E-state index is 12.9. The van der Waals surface area contributed by atoms with Gasteiger partial charge in [0.25, 0.3) is 5.91 Å². The maximum Gasteiger partial charge on any atom is 0.261 e. The molecule has 5 nitrogen and oxygen atoms in total. The molecule has 1 N–H and O–H groups in total. The molecule has 0 saturated carbocycles. The third-order valence-electron chi connectivity index (χ3n) is 4.13. The molecule has 8 heteroatoms. The Kier molecular flexibility index (Phi) is 8.80. The lowest BCUT2D eigenvalue weighted by atomic mass is 10.1. The number of nitrogens with one attached hydrogen (secondary N) is 1. The van der Waals surface area contributed by atoms with Gasteiger partial charge in [-0.3, -0.25) is 9.59 Å². The molecule has 0 saturated heterocycles. The van der Waals surface area contributed by atoms with Crippen LogP contribution in [0.5, 0.6) is 5.75 Å². The van der Waals surface area contributed by atoms with E-state index in [0.29, 0.717) is 21.4 Å². The number of halogens is 3. The van der Waals surface area contributed by atoms with E-state index in [1.54, 1.807) is 37.3 Å². The number of rotatable bonds is 8. The molecule has 0 fully saturated rings. The van der Waals surface area contributed by atoms with Gasteiger partial charge in [0.15, 0.2) is 6.61 Å². The zero-order valence-electron chi connectivity index (χ0n) is 16.4. The second kappa shape index (κ2) is 10.9. The van der Waals surface area contributed by atoms with E-state index < -0.39 is 6.04 Å². The van der Waals surface area contributed by atoms with Crippen molar-refractivity contribution in [3.8, 4) is 5.75 Å². The summed E-state index contributed by atoms with van der Waals surface area (Å²) in [5, 5.41) is 3.77. The average molecular weight is 502 g/mol. The van der Waals surface area contributed by atoms with Gasteiger partial charge in [0, 0.05) is 27.1 Å². The highest BCUT2D eigenvalue weighted by molar-refractivity contribution is 9.10. The summed E-state index contributed by atoms with van der Waals surface area (Å²) in [4.78, 5) is 26.9. The lowest BCUT2D eigenvalue weighted by Crippen LogP contribution is -2.50. The van der Waals surface area contributed by atoms with Crippen LogP contribution in [0.25, 0.3) is 0 Å². The van der Waals surface area contributed by atoms with Gasteiger partial charge in [0.1, 0.15) is 11.8 Å². The van der Waals surface area contributed by atoms with Crippen molar-refractivity contribution in [1.29, 1.82) is 0 Å². The summed E-state index contributed by atoms with van der Waals surface area (Å²) in [7, 11) is 0. The third-order valence-corrected chi connectivity index (χ3v) is 5.25. The number of benzene rings is 2. The molecule has 2 aromatic rings. The zero-order valence-corrected chi connectivity index (χ0v) is 19.5. The van der Waals surface area contributed by atoms with E-state index in [2.05, 4.69) is 21.2 Å². The molecule has 156 valence electrons. The summed E-state index contributed by atoms with van der Waals surface area (Å²) in [5.41, 5.74) is 0.692. The quantitative estimate of drug-likeness (QED) is 0.548. The van der Waals surface area contributed by atoms with Crippen molar-refractivity contribution >= 4 is 50.9 Å². The fourth-order valence-corrected chi connectivity index (χ4v) is 3.31. The fourth-order valence-electron chi connectivity index (χ4n) is 2.58. The van der Waals surface area contributed by atoms with E-state index >= 15 is 0 Å². The van der Waals surface area contributed by atoms with Crippen molar-refractivity contribution < 1.29 is 14.3 Å². The lowest BCUT2D eigenvalue weighted by molar-refractivity contribution is -0.142. The summed E-state index contributed by atoms with van der Waals surface area (Å²) >= 11 is 15.6. The molecule has 1 unspecified atom stereocenters. The molecule has 2 rings (SSSR count). The van der Waals surface area contributed by atoms with Crippen LogP contribution >= 0.6 is 39.1 Å². The molecular formula is C21H23BrCl2N2O3. The van der Waals surface area contributed by atoms with E-state index in [0.717, 1.165) is 4.47 Å². The molecular weight excluding hydrogens is 479 g/mol. The predicted molar refractivity (Wildman–Crippen MR) is 119 cm³/mol. The Bertz CT molecular complexity index is 860. The Labute approximate surface area is 189 Å². The number of hydrogen-bond donors (Lipinski definition) is 1. The van der Waals surface area contributed by atoms with Gasteiger partial charge in [-0.1, -0.05) is 45.2 Å². The second-order valence-corrected chi connectivity index (χ2v) is 8.60. The Morgan fingerprint density at radius 1 is 1.10 bits per heavy atom. The fraction of sp³-hybridized carbons (Fsp3) is 0.333. The summed E-state index contributed by atoms with van der Waals surface area (Å²) < 4.78 is 6.52. The first-order valence-electron chi connectivity index (χ1n) is 9.09. The van der Waals surface area contributed by atoms with Crippen LogP contribution in [0.2, 0.25) is 10.0 Å². The Morgan fingerprint density at radius 3 is 2.34 bits per heavy atom. The van der Waals surface area contributed by atoms with Gasteiger partial charge in [-0.25, -0.2) is 0 Å². The van der Waals surface area contributed by atoms with Gasteiger partial charge in [-0.15, -0.1) is 0 Å². The molecule has 2 aromatic carbocycles. The normalized spacial score (nSPS) is 11.8. The molecule has 0 aliphatic rings. The number of carbonyl (C=O) groups is 2. The minimum Gasteiger partial charge on any atom is -0.484 e. The van der Waals surface area contributed by atoms with Crippen LogP contribution in [-0.4, -0.2) is 35.4 Å². The SMILES string of the molecule is CC(C)NC(=O)C(C)N(Cc1ccc(Cl)cc1Cl)C(=O)COc1ccc(Br)cc1. The van der Waals surface area contributed by atoms with E-state index in [4.69, 9.17) is 27.9 Å². The van der Waals surface area contributed by atoms with Gasteiger partial charge in [-0.2, -0.15) is 0 Å². The highest BCUT2D eigenvalue weighted by Gasteiger charge is 2.27. The highest BCUT2D eigenvalue weighted by atomic mass is 79.9. The molecule has 0 spiro atoms. The van der Waals surface area contributed by atoms with Crippen LogP contribution in [-0.2, 0) is 16.1 Å². The molecule has 29 heavy (non-hydrogen) atoms. The minimum absolute atomic E-state index is 0.0416. The van der Waals surface area contributed by atoms with Crippen LogP contribution in [0.15, 0.2) is 46.9 Å². The predicted octanol–water partition coefficient (Wildman–Crippen LogP) is 5.08. The second-order valence-electron chi connectivity index (χ2n) is 6.84. The summed E-state index contributed by atoms with van der Waals surface area (Å²) in [5.74, 6) is -0.0160. The van der Waals surface area contributed by atoms with Crippen molar-refractivity contribution in [3.05, 3.63) is 62.5 Å². The van der Waals surface area contributed by atoms with Gasteiger partial charge in [-0.05, 0) is 62.7 Å². The summed E-state index contributed by atoms with van der Waals surface area (Å²) in [6, 6.07) is 11.5. The largest absolute Gasteiger partial charge is 0.484 e. The van der Waals surface area contributed by atoms with E-state index in [1.165, 1.54) is 4.90 Å². The highest BCUT2D eigenvalue weighted by Crippen LogP contribution is 2.23. The van der Waals surface area contributed by atoms with Crippen LogP contribution in [0.4, 0.5) is 0 Å². The lowest BCUT2D eigenvalue weighted by Gasteiger charge is -2.29. The third kappa shape index (κ3) is 7.21. The zero-order chi connectivity index (χ0) is 21.6. The number of hydrogen-bond acceptors (Lipinski definition) is 3. The number of ether oxygens (including phenoxy) is 1. The van der Waals surface area contributed by atoms with E-state index in [1.807, 2.05) is 26.0 Å². The molecule has 0 aliphatic heterocycles. The van der Waals surface area contributed by atoms with Crippen LogP contribution in [0.3, 0.4) is 0 Å². The molecule has 0 radical (unpaired) electrons. The smallest absolute Gasteiger partial charge is 0.261 e. The van der Waals surface area contributed by atoms with Gasteiger partial charge < -0.3 is 15.0 Å². The van der Waals surface area contributed by atoms with Crippen LogP contribution in [0, 0.1) is 0 Å². The summed E-state index contributed by atoms with van der Waals surface area (Å²) in [6.07, 6.45) is 0. The van der Waals surface area contributed by atoms with Crippen molar-refractivity contribution in [2.45, 2.75) is 39.4 Å². The summed E-state index contributed by atoms with van der Waals surface area (Å²) in [6.45, 7) is 5.36. The first-order chi connectivity index (χ1) is 13.7. The Hall–Kier alpha value is -1.76. The molecule has 0 heterocycles. The van der Waals surface area contributed by atoms with Crippen molar-refractivity contribution in [2.24, 2.45) is 0 Å². The van der Waals surface area contributed by atoms with Crippen molar-refractivity contribution in [3.63, 3.8) is 0 Å². The number of amides is 2. The van der Waals surface area contributed by atoms with Crippen LogP contribution in [0.1, 0.15) is 26.3 Å². The Balaban J connectivity index is 2.18. The first kappa shape index (κ1) is 23.5. The standard InChI is InChI=1S/C21H23BrCl2N2O3/c1-13(2)25-21(28)14(3)26(11-15-4-7-17(23)10-19(15)24)20(27)12-29-18-8-5-16(22)6-9-18/h4-10,13-14H,11-12H2,1-3H3,(H,25,28). The molecule has 0 aromatic heterocycles. The molecule has 0 bridgehead atoms. The molecule has 2 amide bonds. The van der Waals surface area contributed by atoms with E-state index in [9.17, 15) is 9.59 Å². The Morgan fingerprint density at radius 2 is 1.76 bits per heavy atom. The minimum atomic E-state index is -0.704. The van der Waals surface area contributed by atoms with Gasteiger partial charge in [0.05, 0.1) is 0 Å². The van der Waals surface area contributed by atoms with Gasteiger partial charge >= 0.3 is 0 Å². The average Bonchev–Trinajstić information content (AvgIpc) is 2.65. The number of nitrogens with zero attached hydrogens (tertiary/aromatic N) is 1. The topological polar surface area (TPSA) is 58.6 Å². The molecule has 1 atom stereocenters. The van der Waals surface area contributed by atoms with Gasteiger partial charge in [0.2, 0.25) is 5.91 Å². The first-order valence-corrected chi connectivity index (χ1v) is 10.6. The molecule has 0 aliphatic carbocycles. The van der Waals surface area contributed by atoms with Crippen molar-refractivity contribution in [1.82, 2.24) is 10.2 Å². The monoisotopic (exact) mass is 500 g/mol.